The molecule has 2 aromatic rings. The minimum absolute atomic E-state index is 0.0386. The highest BCUT2D eigenvalue weighted by molar-refractivity contribution is 9.10. The van der Waals surface area contributed by atoms with Crippen molar-refractivity contribution in [2.24, 2.45) is 0 Å². The third-order valence-electron chi connectivity index (χ3n) is 3.56. The highest BCUT2D eigenvalue weighted by atomic mass is 79.9. The van der Waals surface area contributed by atoms with Crippen LogP contribution in [0.15, 0.2) is 46.9 Å². The summed E-state index contributed by atoms with van der Waals surface area (Å²) in [5.41, 5.74) is 10.4. The zero-order valence-electron chi connectivity index (χ0n) is 12.2. The highest BCUT2D eigenvalue weighted by Gasteiger charge is 2.20. The van der Waals surface area contributed by atoms with Gasteiger partial charge in [0.1, 0.15) is 0 Å². The minimum Gasteiger partial charge on any atom is -0.397 e. The van der Waals surface area contributed by atoms with Crippen molar-refractivity contribution < 1.29 is 0 Å². The van der Waals surface area contributed by atoms with E-state index in [1.54, 1.807) is 0 Å². The molecule has 2 nitrogen and oxygen atoms in total. The lowest BCUT2D eigenvalue weighted by Crippen LogP contribution is -2.27. The second-order valence-electron chi connectivity index (χ2n) is 5.84. The van der Waals surface area contributed by atoms with Gasteiger partial charge in [-0.15, -0.1) is 0 Å². The van der Waals surface area contributed by atoms with Gasteiger partial charge in [0.25, 0.3) is 0 Å². The fourth-order valence-electron chi connectivity index (χ4n) is 2.14. The molecule has 0 saturated heterocycles. The second kappa shape index (κ2) is 5.88. The van der Waals surface area contributed by atoms with Crippen LogP contribution in [0.3, 0.4) is 0 Å². The van der Waals surface area contributed by atoms with Crippen LogP contribution in [0.25, 0.3) is 0 Å². The summed E-state index contributed by atoms with van der Waals surface area (Å²) >= 11 is 3.47. The Kier molecular flexibility index (Phi) is 4.39. The zero-order chi connectivity index (χ0) is 14.8. The molecular formula is C17H21BrN2. The van der Waals surface area contributed by atoms with Gasteiger partial charge in [0.05, 0.1) is 11.4 Å². The smallest absolute Gasteiger partial charge is 0.0576 e. The van der Waals surface area contributed by atoms with Crippen molar-refractivity contribution in [3.05, 3.63) is 58.1 Å². The van der Waals surface area contributed by atoms with E-state index in [0.717, 1.165) is 22.4 Å². The Balaban J connectivity index is 2.12. The maximum Gasteiger partial charge on any atom is 0.0576 e. The maximum absolute atomic E-state index is 6.01. The normalized spacial score (nSPS) is 11.4. The lowest BCUT2D eigenvalue weighted by atomic mass is 9.84. The second-order valence-corrected chi connectivity index (χ2v) is 6.75. The Morgan fingerprint density at radius 3 is 2.40 bits per heavy atom. The summed E-state index contributed by atoms with van der Waals surface area (Å²) < 4.78 is 1.10. The summed E-state index contributed by atoms with van der Waals surface area (Å²) in [4.78, 5) is 0. The van der Waals surface area contributed by atoms with E-state index in [2.05, 4.69) is 72.3 Å². The van der Waals surface area contributed by atoms with Crippen molar-refractivity contribution in [3.63, 3.8) is 0 Å². The molecule has 2 rings (SSSR count). The summed E-state index contributed by atoms with van der Waals surface area (Å²) in [6.07, 6.45) is 0. The number of hydrogen-bond acceptors (Lipinski definition) is 2. The average molecular weight is 333 g/mol. The molecule has 0 amide bonds. The predicted molar refractivity (Wildman–Crippen MR) is 91.2 cm³/mol. The number of benzene rings is 2. The number of nitrogen functional groups attached to an aromatic ring is 1. The molecule has 0 spiro atoms. The first-order chi connectivity index (χ1) is 9.38. The molecule has 0 radical (unpaired) electrons. The summed E-state index contributed by atoms with van der Waals surface area (Å²) in [6, 6.07) is 14.5. The van der Waals surface area contributed by atoms with Crippen molar-refractivity contribution in [2.45, 2.75) is 26.2 Å². The molecule has 106 valence electrons. The number of nitrogens with one attached hydrogen (secondary N) is 1. The quantitative estimate of drug-likeness (QED) is 0.794. The molecule has 20 heavy (non-hydrogen) atoms. The van der Waals surface area contributed by atoms with Crippen LogP contribution in [0.2, 0.25) is 0 Å². The molecule has 3 heteroatoms. The molecule has 0 aliphatic heterocycles. The Labute approximate surface area is 129 Å². The van der Waals surface area contributed by atoms with E-state index in [9.17, 15) is 0 Å². The van der Waals surface area contributed by atoms with Gasteiger partial charge >= 0.3 is 0 Å². The summed E-state index contributed by atoms with van der Waals surface area (Å²) in [7, 11) is 0. The van der Waals surface area contributed by atoms with E-state index < -0.39 is 0 Å². The molecule has 0 heterocycles. The topological polar surface area (TPSA) is 38.0 Å². The van der Waals surface area contributed by atoms with Crippen LogP contribution in [0.4, 0.5) is 11.4 Å². The number of nitrogens with two attached hydrogens (primary N) is 1. The molecule has 0 bridgehead atoms. The van der Waals surface area contributed by atoms with Crippen molar-refractivity contribution in [1.29, 1.82) is 0 Å². The molecule has 0 atom stereocenters. The van der Waals surface area contributed by atoms with E-state index in [4.69, 9.17) is 5.73 Å². The van der Waals surface area contributed by atoms with Gasteiger partial charge in [-0.1, -0.05) is 48.0 Å². The van der Waals surface area contributed by atoms with E-state index in [1.165, 1.54) is 11.1 Å². The lowest BCUT2D eigenvalue weighted by Gasteiger charge is -2.27. The SMILES string of the molecule is Cc1ccc(N)c(NCC(C)(C)c2ccc(Br)cc2)c1. The molecule has 0 saturated carbocycles. The molecule has 0 aliphatic rings. The van der Waals surface area contributed by atoms with Crippen LogP contribution in [-0.2, 0) is 5.41 Å². The van der Waals surface area contributed by atoms with Gasteiger partial charge in [0.2, 0.25) is 0 Å². The number of halogens is 1. The monoisotopic (exact) mass is 332 g/mol. The molecule has 0 aromatic heterocycles. The molecule has 3 N–H and O–H groups in total. The van der Waals surface area contributed by atoms with Crippen molar-refractivity contribution >= 4 is 27.3 Å². The molecule has 0 unspecified atom stereocenters. The van der Waals surface area contributed by atoms with Crippen LogP contribution < -0.4 is 11.1 Å². The third kappa shape index (κ3) is 3.54. The fraction of sp³-hybridized carbons (Fsp3) is 0.294. The van der Waals surface area contributed by atoms with Gasteiger partial charge in [0, 0.05) is 16.4 Å². The van der Waals surface area contributed by atoms with E-state index in [1.807, 2.05) is 12.1 Å². The number of rotatable bonds is 4. The van der Waals surface area contributed by atoms with Crippen molar-refractivity contribution in [1.82, 2.24) is 0 Å². The number of anilines is 2. The van der Waals surface area contributed by atoms with Crippen LogP contribution in [0.5, 0.6) is 0 Å². The predicted octanol–water partition coefficient (Wildman–Crippen LogP) is 4.73. The molecule has 0 aliphatic carbocycles. The first-order valence-corrected chi connectivity index (χ1v) is 7.54. The first kappa shape index (κ1) is 14.9. The Morgan fingerprint density at radius 1 is 1.10 bits per heavy atom. The van der Waals surface area contributed by atoms with Gasteiger partial charge in [-0.05, 0) is 42.3 Å². The molecule has 2 aromatic carbocycles. The average Bonchev–Trinajstić information content (AvgIpc) is 2.40. The summed E-state index contributed by atoms with van der Waals surface area (Å²) in [6.45, 7) is 7.37. The third-order valence-corrected chi connectivity index (χ3v) is 4.08. The Morgan fingerprint density at radius 2 is 1.75 bits per heavy atom. The molecular weight excluding hydrogens is 312 g/mol. The van der Waals surface area contributed by atoms with Crippen LogP contribution in [-0.4, -0.2) is 6.54 Å². The highest BCUT2D eigenvalue weighted by Crippen LogP contribution is 2.27. The lowest BCUT2D eigenvalue weighted by molar-refractivity contribution is 0.557. The van der Waals surface area contributed by atoms with Gasteiger partial charge < -0.3 is 11.1 Å². The van der Waals surface area contributed by atoms with E-state index in [-0.39, 0.29) is 5.41 Å². The van der Waals surface area contributed by atoms with Crippen molar-refractivity contribution in [2.75, 3.05) is 17.6 Å². The molecule has 0 fully saturated rings. The maximum atomic E-state index is 6.01. The number of hydrogen-bond donors (Lipinski definition) is 2. The van der Waals surface area contributed by atoms with E-state index >= 15 is 0 Å². The van der Waals surface area contributed by atoms with Gasteiger partial charge in [-0.3, -0.25) is 0 Å². The van der Waals surface area contributed by atoms with Crippen LogP contribution in [0, 0.1) is 6.92 Å². The Bertz CT molecular complexity index is 588. The van der Waals surface area contributed by atoms with E-state index in [0.29, 0.717) is 0 Å². The number of aryl methyl sites for hydroxylation is 1. The standard InChI is InChI=1S/C17H21BrN2/c1-12-4-9-15(19)16(10-12)20-11-17(2,3)13-5-7-14(18)8-6-13/h4-10,20H,11,19H2,1-3H3. The van der Waals surface area contributed by atoms with Gasteiger partial charge in [0.15, 0.2) is 0 Å². The largest absolute Gasteiger partial charge is 0.397 e. The zero-order valence-corrected chi connectivity index (χ0v) is 13.8. The van der Waals surface area contributed by atoms with Gasteiger partial charge in [-0.2, -0.15) is 0 Å². The van der Waals surface area contributed by atoms with Gasteiger partial charge in [-0.25, -0.2) is 0 Å². The summed E-state index contributed by atoms with van der Waals surface area (Å²) in [5.74, 6) is 0. The minimum atomic E-state index is 0.0386. The van der Waals surface area contributed by atoms with Crippen LogP contribution >= 0.6 is 15.9 Å². The van der Waals surface area contributed by atoms with Crippen LogP contribution in [0.1, 0.15) is 25.0 Å². The summed E-state index contributed by atoms with van der Waals surface area (Å²) in [5, 5.41) is 3.47. The first-order valence-electron chi connectivity index (χ1n) is 6.74. The van der Waals surface area contributed by atoms with Crippen molar-refractivity contribution in [3.8, 4) is 0 Å². The fourth-order valence-corrected chi connectivity index (χ4v) is 2.41. The Hall–Kier alpha value is -1.48.